The van der Waals surface area contributed by atoms with Crippen molar-refractivity contribution in [2.24, 2.45) is 5.92 Å². The van der Waals surface area contributed by atoms with Gasteiger partial charge in [-0.05, 0) is 36.2 Å². The van der Waals surface area contributed by atoms with Crippen LogP contribution in [0.4, 0.5) is 5.69 Å². The lowest BCUT2D eigenvalue weighted by Crippen LogP contribution is -2.52. The molecule has 29 heavy (non-hydrogen) atoms. The van der Waals surface area contributed by atoms with E-state index >= 15 is 0 Å². The van der Waals surface area contributed by atoms with Crippen LogP contribution in [0.5, 0.6) is 0 Å². The molecule has 0 N–H and O–H groups in total. The molecule has 1 atom stereocenters. The van der Waals surface area contributed by atoms with Crippen LogP contribution in [0.2, 0.25) is 0 Å². The highest BCUT2D eigenvalue weighted by Gasteiger charge is 2.38. The number of aryl methyl sites for hydroxylation is 1. The van der Waals surface area contributed by atoms with Crippen LogP contribution in [0.25, 0.3) is 0 Å². The molecule has 0 radical (unpaired) electrons. The van der Waals surface area contributed by atoms with E-state index in [0.29, 0.717) is 38.5 Å². The number of amides is 3. The van der Waals surface area contributed by atoms with Gasteiger partial charge in [-0.25, -0.2) is 0 Å². The molecule has 0 saturated carbocycles. The van der Waals surface area contributed by atoms with Crippen LogP contribution in [-0.4, -0.2) is 60.2 Å². The van der Waals surface area contributed by atoms with Crippen molar-refractivity contribution in [1.82, 2.24) is 9.80 Å². The molecular formula is C22H25N3O4. The molecule has 7 heteroatoms. The van der Waals surface area contributed by atoms with Gasteiger partial charge in [-0.15, -0.1) is 0 Å². The molecule has 1 unspecified atom stereocenters. The Kier molecular flexibility index (Phi) is 5.38. The van der Waals surface area contributed by atoms with Crippen LogP contribution < -0.4 is 4.90 Å². The predicted molar refractivity (Wildman–Crippen MR) is 107 cm³/mol. The Bertz CT molecular complexity index is 883. The summed E-state index contributed by atoms with van der Waals surface area (Å²) in [7, 11) is 0. The smallest absolute Gasteiger partial charge is 0.289 e. The van der Waals surface area contributed by atoms with Crippen LogP contribution in [0, 0.1) is 5.92 Å². The molecule has 1 aromatic heterocycles. The van der Waals surface area contributed by atoms with Crippen molar-refractivity contribution in [3.8, 4) is 0 Å². The maximum atomic E-state index is 13.0. The van der Waals surface area contributed by atoms with Crippen molar-refractivity contribution in [2.75, 3.05) is 37.6 Å². The highest BCUT2D eigenvalue weighted by Crippen LogP contribution is 2.27. The zero-order valence-corrected chi connectivity index (χ0v) is 16.5. The van der Waals surface area contributed by atoms with E-state index in [1.165, 1.54) is 11.8 Å². The first kappa shape index (κ1) is 19.2. The highest BCUT2D eigenvalue weighted by molar-refractivity contribution is 6.00. The maximum absolute atomic E-state index is 13.0. The minimum absolute atomic E-state index is 0.00359. The molecule has 0 aliphatic carbocycles. The van der Waals surface area contributed by atoms with Gasteiger partial charge >= 0.3 is 0 Å². The quantitative estimate of drug-likeness (QED) is 0.795. The summed E-state index contributed by atoms with van der Waals surface area (Å²) in [5.41, 5.74) is 2.06. The van der Waals surface area contributed by atoms with Gasteiger partial charge in [-0.3, -0.25) is 14.4 Å². The van der Waals surface area contributed by atoms with E-state index in [1.54, 1.807) is 26.8 Å². The van der Waals surface area contributed by atoms with Crippen molar-refractivity contribution < 1.29 is 18.8 Å². The van der Waals surface area contributed by atoms with Crippen molar-refractivity contribution in [3.05, 3.63) is 54.0 Å². The summed E-state index contributed by atoms with van der Waals surface area (Å²) >= 11 is 0. The minimum Gasteiger partial charge on any atom is -0.459 e. The molecule has 2 aliphatic rings. The number of nitrogens with zero attached hydrogens (tertiary/aromatic N) is 3. The predicted octanol–water partition coefficient (Wildman–Crippen LogP) is 2.18. The molecule has 0 bridgehead atoms. The molecular weight excluding hydrogens is 370 g/mol. The van der Waals surface area contributed by atoms with Crippen LogP contribution in [-0.2, 0) is 16.0 Å². The number of furan rings is 1. The zero-order valence-electron chi connectivity index (χ0n) is 16.5. The third kappa shape index (κ3) is 3.90. The van der Waals surface area contributed by atoms with Gasteiger partial charge in [0, 0.05) is 44.8 Å². The SMILES string of the molecule is CCc1ccc(N2CC(C(=O)N3CCN(C(=O)c4ccco4)CC3)CC2=O)cc1. The van der Waals surface area contributed by atoms with E-state index in [9.17, 15) is 14.4 Å². The van der Waals surface area contributed by atoms with Gasteiger partial charge < -0.3 is 19.1 Å². The Hall–Kier alpha value is -3.09. The van der Waals surface area contributed by atoms with E-state index in [0.717, 1.165) is 12.1 Å². The van der Waals surface area contributed by atoms with Gasteiger partial charge in [0.1, 0.15) is 0 Å². The molecule has 2 fully saturated rings. The topological polar surface area (TPSA) is 74.1 Å². The summed E-state index contributed by atoms with van der Waals surface area (Å²) in [5, 5.41) is 0. The molecule has 3 heterocycles. The van der Waals surface area contributed by atoms with Crippen LogP contribution in [0.3, 0.4) is 0 Å². The lowest BCUT2D eigenvalue weighted by Gasteiger charge is -2.35. The second kappa shape index (κ2) is 8.11. The lowest BCUT2D eigenvalue weighted by molar-refractivity contribution is -0.137. The standard InChI is InChI=1S/C22H25N3O4/c1-2-16-5-7-18(8-6-16)25-15-17(14-20(25)26)21(27)23-9-11-24(12-10-23)22(28)19-4-3-13-29-19/h3-8,13,17H,2,9-12,14-15H2,1H3. The first-order chi connectivity index (χ1) is 14.1. The second-order valence-electron chi connectivity index (χ2n) is 7.52. The molecule has 2 saturated heterocycles. The summed E-state index contributed by atoms with van der Waals surface area (Å²) in [6.07, 6.45) is 2.66. The largest absolute Gasteiger partial charge is 0.459 e. The minimum atomic E-state index is -0.333. The van der Waals surface area contributed by atoms with Gasteiger partial charge in [0.25, 0.3) is 5.91 Å². The van der Waals surface area contributed by atoms with Crippen molar-refractivity contribution in [1.29, 1.82) is 0 Å². The number of anilines is 1. The molecule has 2 aromatic rings. The Morgan fingerprint density at radius 3 is 2.34 bits per heavy atom. The van der Waals surface area contributed by atoms with E-state index in [1.807, 2.05) is 24.3 Å². The number of carbonyl (C=O) groups excluding carboxylic acids is 3. The molecule has 4 rings (SSSR count). The normalized spacial score (nSPS) is 19.7. The van der Waals surface area contributed by atoms with Gasteiger partial charge in [0.2, 0.25) is 11.8 Å². The maximum Gasteiger partial charge on any atom is 0.289 e. The molecule has 1 aromatic carbocycles. The van der Waals surface area contributed by atoms with E-state index < -0.39 is 0 Å². The first-order valence-corrected chi connectivity index (χ1v) is 10.1. The number of rotatable bonds is 4. The Morgan fingerprint density at radius 1 is 1.03 bits per heavy atom. The van der Waals surface area contributed by atoms with Gasteiger partial charge in [-0.1, -0.05) is 19.1 Å². The van der Waals surface area contributed by atoms with E-state index in [-0.39, 0.29) is 30.1 Å². The fourth-order valence-electron chi connectivity index (χ4n) is 3.98. The summed E-state index contributed by atoms with van der Waals surface area (Å²) in [4.78, 5) is 43.0. The molecule has 0 spiro atoms. The number of hydrogen-bond donors (Lipinski definition) is 0. The Morgan fingerprint density at radius 2 is 1.72 bits per heavy atom. The van der Waals surface area contributed by atoms with E-state index in [4.69, 9.17) is 4.42 Å². The van der Waals surface area contributed by atoms with Crippen molar-refractivity contribution in [3.63, 3.8) is 0 Å². The van der Waals surface area contributed by atoms with Gasteiger partial charge in [0.05, 0.1) is 12.2 Å². The number of hydrogen-bond acceptors (Lipinski definition) is 4. The van der Waals surface area contributed by atoms with Gasteiger partial charge in [-0.2, -0.15) is 0 Å². The summed E-state index contributed by atoms with van der Waals surface area (Å²) in [6, 6.07) is 11.3. The number of piperazine rings is 1. The summed E-state index contributed by atoms with van der Waals surface area (Å²) in [6.45, 7) is 4.38. The van der Waals surface area contributed by atoms with Crippen molar-refractivity contribution in [2.45, 2.75) is 19.8 Å². The number of benzene rings is 1. The van der Waals surface area contributed by atoms with E-state index in [2.05, 4.69) is 6.92 Å². The monoisotopic (exact) mass is 395 g/mol. The molecule has 2 aliphatic heterocycles. The molecule has 152 valence electrons. The number of carbonyl (C=O) groups is 3. The fourth-order valence-corrected chi connectivity index (χ4v) is 3.98. The van der Waals surface area contributed by atoms with Crippen LogP contribution in [0.15, 0.2) is 47.1 Å². The molecule has 3 amide bonds. The third-order valence-electron chi connectivity index (χ3n) is 5.74. The lowest BCUT2D eigenvalue weighted by atomic mass is 10.1. The third-order valence-corrected chi connectivity index (χ3v) is 5.74. The van der Waals surface area contributed by atoms with Crippen LogP contribution >= 0.6 is 0 Å². The zero-order chi connectivity index (χ0) is 20.4. The average Bonchev–Trinajstić information content (AvgIpc) is 3.43. The summed E-state index contributed by atoms with van der Waals surface area (Å²) < 4.78 is 5.17. The van der Waals surface area contributed by atoms with Crippen molar-refractivity contribution >= 4 is 23.4 Å². The average molecular weight is 395 g/mol. The summed E-state index contributed by atoms with van der Waals surface area (Å²) in [5.74, 6) is -0.188. The van der Waals surface area contributed by atoms with Crippen LogP contribution in [0.1, 0.15) is 29.5 Å². The van der Waals surface area contributed by atoms with Gasteiger partial charge in [0.15, 0.2) is 5.76 Å². The molecule has 7 nitrogen and oxygen atoms in total. The second-order valence-corrected chi connectivity index (χ2v) is 7.52. The fraction of sp³-hybridized carbons (Fsp3) is 0.409. The first-order valence-electron chi connectivity index (χ1n) is 10.1. The Balaban J connectivity index is 1.34. The Labute approximate surface area is 169 Å². The highest BCUT2D eigenvalue weighted by atomic mass is 16.3.